The summed E-state index contributed by atoms with van der Waals surface area (Å²) >= 11 is 0. The number of carbonyl (C=O) groups is 1. The molecule has 1 heterocycles. The number of benzene rings is 2. The molecule has 0 aromatic heterocycles. The van der Waals surface area contributed by atoms with E-state index in [1.54, 1.807) is 59.8 Å². The van der Waals surface area contributed by atoms with Crippen LogP contribution in [0.2, 0.25) is 0 Å². The molecular formula is C29H37NO7. The van der Waals surface area contributed by atoms with Gasteiger partial charge in [-0.1, -0.05) is 18.9 Å². The highest BCUT2D eigenvalue weighted by atomic mass is 16.5. The summed E-state index contributed by atoms with van der Waals surface area (Å²) in [4.78, 5) is 15.5. The molecule has 1 saturated heterocycles. The second-order valence-electron chi connectivity index (χ2n) is 9.59. The van der Waals surface area contributed by atoms with Crippen molar-refractivity contribution in [3.05, 3.63) is 47.5 Å². The smallest absolute Gasteiger partial charge is 0.247 e. The van der Waals surface area contributed by atoms with E-state index in [1.807, 2.05) is 23.1 Å². The lowest BCUT2D eigenvalue weighted by molar-refractivity contribution is -0.150. The number of hydrogen-bond acceptors (Lipinski definition) is 7. The van der Waals surface area contributed by atoms with E-state index in [2.05, 4.69) is 0 Å². The summed E-state index contributed by atoms with van der Waals surface area (Å²) in [5.41, 5.74) is 0.890. The molecule has 1 amide bonds. The summed E-state index contributed by atoms with van der Waals surface area (Å²) in [5.74, 6) is 2.57. The van der Waals surface area contributed by atoms with Crippen LogP contribution in [0, 0.1) is 5.92 Å². The Morgan fingerprint density at radius 1 is 0.892 bits per heavy atom. The van der Waals surface area contributed by atoms with E-state index in [0.29, 0.717) is 41.7 Å². The summed E-state index contributed by atoms with van der Waals surface area (Å²) in [6.07, 6.45) is 7.52. The van der Waals surface area contributed by atoms with E-state index < -0.39 is 5.60 Å². The summed E-state index contributed by atoms with van der Waals surface area (Å²) in [7, 11) is 7.87. The molecule has 1 saturated carbocycles. The average molecular weight is 512 g/mol. The van der Waals surface area contributed by atoms with E-state index in [0.717, 1.165) is 36.8 Å². The van der Waals surface area contributed by atoms with E-state index >= 15 is 0 Å². The Morgan fingerprint density at radius 2 is 1.57 bits per heavy atom. The van der Waals surface area contributed by atoms with Crippen molar-refractivity contribution in [2.45, 2.75) is 43.7 Å². The van der Waals surface area contributed by atoms with Crippen LogP contribution in [0.5, 0.6) is 28.7 Å². The van der Waals surface area contributed by atoms with Gasteiger partial charge in [0.1, 0.15) is 0 Å². The first-order valence-electron chi connectivity index (χ1n) is 12.6. The lowest BCUT2D eigenvalue weighted by atomic mass is 9.66. The first-order valence-corrected chi connectivity index (χ1v) is 12.6. The number of fused-ring (bicyclic) bond motifs is 1. The van der Waals surface area contributed by atoms with Gasteiger partial charge in [-0.15, -0.1) is 0 Å². The fourth-order valence-electron chi connectivity index (χ4n) is 5.84. The van der Waals surface area contributed by atoms with Gasteiger partial charge in [0, 0.05) is 18.5 Å². The van der Waals surface area contributed by atoms with Crippen LogP contribution >= 0.6 is 0 Å². The van der Waals surface area contributed by atoms with Gasteiger partial charge in [0.25, 0.3) is 0 Å². The lowest BCUT2D eigenvalue weighted by Crippen LogP contribution is -2.56. The zero-order valence-electron chi connectivity index (χ0n) is 22.3. The predicted molar refractivity (Wildman–Crippen MR) is 141 cm³/mol. The molecule has 2 fully saturated rings. The lowest BCUT2D eigenvalue weighted by Gasteiger charge is -2.52. The number of amides is 1. The maximum absolute atomic E-state index is 13.7. The highest BCUT2D eigenvalue weighted by Crippen LogP contribution is 2.50. The van der Waals surface area contributed by atoms with Crippen molar-refractivity contribution in [3.63, 3.8) is 0 Å². The van der Waals surface area contributed by atoms with Gasteiger partial charge in [-0.3, -0.25) is 4.79 Å². The van der Waals surface area contributed by atoms with Gasteiger partial charge < -0.3 is 33.7 Å². The summed E-state index contributed by atoms with van der Waals surface area (Å²) in [6, 6.07) is 9.07. The molecule has 8 nitrogen and oxygen atoms in total. The molecule has 1 aliphatic heterocycles. The number of ether oxygens (including phenoxy) is 5. The van der Waals surface area contributed by atoms with Crippen LogP contribution in [0.3, 0.4) is 0 Å². The Kier molecular flexibility index (Phi) is 8.17. The quantitative estimate of drug-likeness (QED) is 0.517. The van der Waals surface area contributed by atoms with Gasteiger partial charge in [0.2, 0.25) is 11.7 Å². The summed E-state index contributed by atoms with van der Waals surface area (Å²) < 4.78 is 27.3. The Balaban J connectivity index is 1.69. The first-order chi connectivity index (χ1) is 17.9. The van der Waals surface area contributed by atoms with Gasteiger partial charge in [0.15, 0.2) is 23.0 Å². The van der Waals surface area contributed by atoms with E-state index in [-0.39, 0.29) is 17.9 Å². The fourth-order valence-corrected chi connectivity index (χ4v) is 5.84. The third-order valence-electron chi connectivity index (χ3n) is 7.71. The van der Waals surface area contributed by atoms with Gasteiger partial charge >= 0.3 is 0 Å². The highest BCUT2D eigenvalue weighted by molar-refractivity contribution is 5.92. The van der Waals surface area contributed by atoms with Crippen LogP contribution in [0.1, 0.15) is 49.3 Å². The number of piperidine rings is 1. The van der Waals surface area contributed by atoms with Crippen molar-refractivity contribution in [3.8, 4) is 28.7 Å². The molecule has 8 heteroatoms. The zero-order chi connectivity index (χ0) is 26.6. The number of likely N-dealkylation sites (tertiary alicyclic amines) is 1. The average Bonchev–Trinajstić information content (AvgIpc) is 2.93. The molecule has 4 rings (SSSR count). The van der Waals surface area contributed by atoms with Gasteiger partial charge in [-0.05, 0) is 60.7 Å². The standard InChI is InChI=1S/C29H37NO7/c1-33-22-11-10-20(18-23(22)34-2)27-21-8-6-7-13-29(21,32)14-15-30(27)26(31)12-9-19-16-24(35-3)28(37-5)25(17-19)36-4/h9-12,16-18,21,27,32H,6-8,13-15H2,1-5H3/t21-,27-,29+/m1/s1. The SMILES string of the molecule is COc1ccc([C@@H]2[C@H]3CCCC[C@]3(O)CCN2C(=O)C=Cc2cc(OC)c(OC)c(OC)c2)cc1OC. The molecule has 3 atom stereocenters. The minimum absolute atomic E-state index is 0.0633. The monoisotopic (exact) mass is 511 g/mol. The molecule has 2 aliphatic rings. The Bertz CT molecular complexity index is 1120. The molecular weight excluding hydrogens is 474 g/mol. The molecule has 37 heavy (non-hydrogen) atoms. The molecule has 0 bridgehead atoms. The molecule has 0 unspecified atom stereocenters. The van der Waals surface area contributed by atoms with E-state index in [9.17, 15) is 9.90 Å². The van der Waals surface area contributed by atoms with Crippen LogP contribution in [-0.4, -0.2) is 63.6 Å². The molecule has 0 spiro atoms. The fraction of sp³-hybridized carbons (Fsp3) is 0.483. The zero-order valence-corrected chi connectivity index (χ0v) is 22.3. The molecule has 2 aromatic rings. The number of carbonyl (C=O) groups excluding carboxylic acids is 1. The van der Waals surface area contributed by atoms with Crippen LogP contribution in [0.25, 0.3) is 6.08 Å². The van der Waals surface area contributed by atoms with Crippen LogP contribution < -0.4 is 23.7 Å². The first kappa shape index (κ1) is 26.7. The second-order valence-corrected chi connectivity index (χ2v) is 9.59. The summed E-state index contributed by atoms with van der Waals surface area (Å²) in [5, 5.41) is 11.6. The topological polar surface area (TPSA) is 86.7 Å². The van der Waals surface area contributed by atoms with Crippen molar-refractivity contribution < 1.29 is 33.6 Å². The number of nitrogens with zero attached hydrogens (tertiary/aromatic N) is 1. The minimum atomic E-state index is -0.784. The van der Waals surface area contributed by atoms with Crippen LogP contribution in [0.4, 0.5) is 0 Å². The Labute approximate surface area is 218 Å². The van der Waals surface area contributed by atoms with Crippen molar-refractivity contribution in [2.75, 3.05) is 42.1 Å². The van der Waals surface area contributed by atoms with Gasteiger partial charge in [-0.25, -0.2) is 0 Å². The van der Waals surface area contributed by atoms with E-state index in [1.165, 1.54) is 0 Å². The van der Waals surface area contributed by atoms with Gasteiger partial charge in [-0.2, -0.15) is 0 Å². The predicted octanol–water partition coefficient (Wildman–Crippen LogP) is 4.64. The normalized spacial score (nSPS) is 23.4. The summed E-state index contributed by atoms with van der Waals surface area (Å²) in [6.45, 7) is 0.463. The van der Waals surface area contributed by atoms with Crippen molar-refractivity contribution in [1.82, 2.24) is 4.90 Å². The number of rotatable bonds is 8. The number of hydrogen-bond donors (Lipinski definition) is 1. The van der Waals surface area contributed by atoms with Crippen molar-refractivity contribution in [1.29, 1.82) is 0 Å². The van der Waals surface area contributed by atoms with Crippen molar-refractivity contribution >= 4 is 12.0 Å². The van der Waals surface area contributed by atoms with Crippen molar-refractivity contribution in [2.24, 2.45) is 5.92 Å². The molecule has 200 valence electrons. The molecule has 2 aromatic carbocycles. The molecule has 1 aliphatic carbocycles. The maximum atomic E-state index is 13.7. The van der Waals surface area contributed by atoms with E-state index in [4.69, 9.17) is 23.7 Å². The Morgan fingerprint density at radius 3 is 2.19 bits per heavy atom. The third kappa shape index (κ3) is 5.21. The third-order valence-corrected chi connectivity index (χ3v) is 7.71. The molecule has 0 radical (unpaired) electrons. The minimum Gasteiger partial charge on any atom is -0.493 e. The Hall–Kier alpha value is -3.39. The highest BCUT2D eigenvalue weighted by Gasteiger charge is 2.50. The molecule has 1 N–H and O–H groups in total. The van der Waals surface area contributed by atoms with Gasteiger partial charge in [0.05, 0.1) is 47.2 Å². The number of methoxy groups -OCH3 is 5. The second kappa shape index (κ2) is 11.3. The van der Waals surface area contributed by atoms with Crippen LogP contribution in [-0.2, 0) is 4.79 Å². The van der Waals surface area contributed by atoms with Crippen LogP contribution in [0.15, 0.2) is 36.4 Å². The largest absolute Gasteiger partial charge is 0.493 e. The maximum Gasteiger partial charge on any atom is 0.247 e. The number of aliphatic hydroxyl groups is 1.